The third-order valence-corrected chi connectivity index (χ3v) is 5.10. The van der Waals surface area contributed by atoms with Crippen LogP contribution in [0.15, 0.2) is 65.8 Å². The third-order valence-electron chi connectivity index (χ3n) is 4.04. The fraction of sp³-hybridized carbons (Fsp3) is 0.200. The zero-order chi connectivity index (χ0) is 18.5. The summed E-state index contributed by atoms with van der Waals surface area (Å²) in [6.45, 7) is 1.19. The van der Waals surface area contributed by atoms with Gasteiger partial charge in [-0.05, 0) is 30.0 Å². The molecule has 4 nitrogen and oxygen atoms in total. The van der Waals surface area contributed by atoms with Crippen LogP contribution in [0, 0.1) is 0 Å². The topological polar surface area (TPSA) is 38.1 Å². The molecule has 0 N–H and O–H groups in total. The molecule has 1 heterocycles. The maximum atomic E-state index is 12.7. The summed E-state index contributed by atoms with van der Waals surface area (Å²) in [6.07, 6.45) is 5.74. The molecule has 0 fully saturated rings. The fourth-order valence-electron chi connectivity index (χ4n) is 2.69. The second kappa shape index (κ2) is 8.43. The van der Waals surface area contributed by atoms with Crippen molar-refractivity contribution in [3.63, 3.8) is 0 Å². The Hall–Kier alpha value is -2.24. The number of amides is 1. The first-order valence-corrected chi connectivity index (χ1v) is 9.81. The number of hydrogen-bond donors (Lipinski definition) is 0. The Kier molecular flexibility index (Phi) is 6.01. The molecule has 0 radical (unpaired) electrons. The standard InChI is InChI=1S/C20H20ClN3OS/c1-23(20(25)18-10-17(26-2)8-9-19(18)21)12-16-11-22-24(14-16)13-15-6-4-3-5-7-15/h3-11,14H,12-13H2,1-2H3. The lowest BCUT2D eigenvalue weighted by atomic mass is 10.2. The SMILES string of the molecule is CSc1ccc(Cl)c(C(=O)N(C)Cc2cnn(Cc3ccccc3)c2)c1. The molecule has 134 valence electrons. The van der Waals surface area contributed by atoms with Gasteiger partial charge in [0, 0.05) is 30.2 Å². The van der Waals surface area contributed by atoms with E-state index in [4.69, 9.17) is 11.6 Å². The highest BCUT2D eigenvalue weighted by atomic mass is 35.5. The van der Waals surface area contributed by atoms with Crippen molar-refractivity contribution in [1.82, 2.24) is 14.7 Å². The molecule has 1 aromatic heterocycles. The molecular weight excluding hydrogens is 366 g/mol. The van der Waals surface area contributed by atoms with E-state index in [0.717, 1.165) is 10.5 Å². The van der Waals surface area contributed by atoms with Gasteiger partial charge in [0.15, 0.2) is 0 Å². The van der Waals surface area contributed by atoms with E-state index in [1.165, 1.54) is 5.56 Å². The molecule has 3 aromatic rings. The monoisotopic (exact) mass is 385 g/mol. The number of aromatic nitrogens is 2. The number of hydrogen-bond acceptors (Lipinski definition) is 3. The summed E-state index contributed by atoms with van der Waals surface area (Å²) in [4.78, 5) is 15.4. The van der Waals surface area contributed by atoms with E-state index < -0.39 is 0 Å². The molecule has 3 rings (SSSR count). The number of nitrogens with zero attached hydrogens (tertiary/aromatic N) is 3. The van der Waals surface area contributed by atoms with E-state index in [0.29, 0.717) is 23.7 Å². The Balaban J connectivity index is 1.68. The van der Waals surface area contributed by atoms with Crippen LogP contribution in [0.2, 0.25) is 5.02 Å². The van der Waals surface area contributed by atoms with Crippen molar-refractivity contribution in [2.45, 2.75) is 18.0 Å². The minimum absolute atomic E-state index is 0.0956. The van der Waals surface area contributed by atoms with E-state index in [2.05, 4.69) is 17.2 Å². The van der Waals surface area contributed by atoms with Crippen molar-refractivity contribution >= 4 is 29.3 Å². The first kappa shape index (κ1) is 18.5. The first-order valence-electron chi connectivity index (χ1n) is 8.21. The van der Waals surface area contributed by atoms with E-state index in [9.17, 15) is 4.79 Å². The molecule has 0 atom stereocenters. The van der Waals surface area contributed by atoms with Gasteiger partial charge < -0.3 is 4.90 Å². The summed E-state index contributed by atoms with van der Waals surface area (Å²) in [5.41, 5.74) is 2.69. The van der Waals surface area contributed by atoms with Gasteiger partial charge >= 0.3 is 0 Å². The highest BCUT2D eigenvalue weighted by molar-refractivity contribution is 7.98. The Morgan fingerprint density at radius 2 is 1.96 bits per heavy atom. The Bertz CT molecular complexity index is 895. The van der Waals surface area contributed by atoms with E-state index in [-0.39, 0.29) is 5.91 Å². The van der Waals surface area contributed by atoms with Gasteiger partial charge in [0.2, 0.25) is 0 Å². The van der Waals surface area contributed by atoms with Crippen LogP contribution in [0.4, 0.5) is 0 Å². The molecule has 0 aliphatic heterocycles. The molecule has 0 spiro atoms. The maximum Gasteiger partial charge on any atom is 0.255 e. The van der Waals surface area contributed by atoms with E-state index in [1.807, 2.05) is 47.5 Å². The number of benzene rings is 2. The average molecular weight is 386 g/mol. The zero-order valence-electron chi connectivity index (χ0n) is 14.7. The van der Waals surface area contributed by atoms with Crippen LogP contribution in [0.5, 0.6) is 0 Å². The van der Waals surface area contributed by atoms with Crippen molar-refractivity contribution in [2.75, 3.05) is 13.3 Å². The number of thioether (sulfide) groups is 1. The molecule has 0 unspecified atom stereocenters. The van der Waals surface area contributed by atoms with Crippen LogP contribution >= 0.6 is 23.4 Å². The summed E-state index contributed by atoms with van der Waals surface area (Å²) in [5.74, 6) is -0.0956. The molecule has 1 amide bonds. The van der Waals surface area contributed by atoms with Crippen LogP contribution in [-0.4, -0.2) is 33.9 Å². The van der Waals surface area contributed by atoms with Crippen LogP contribution < -0.4 is 0 Å². The predicted molar refractivity (Wildman–Crippen MR) is 107 cm³/mol. The summed E-state index contributed by atoms with van der Waals surface area (Å²) in [7, 11) is 1.78. The maximum absolute atomic E-state index is 12.7. The minimum Gasteiger partial charge on any atom is -0.337 e. The van der Waals surface area contributed by atoms with Gasteiger partial charge in [-0.2, -0.15) is 5.10 Å². The molecule has 0 bridgehead atoms. The smallest absolute Gasteiger partial charge is 0.255 e. The summed E-state index contributed by atoms with van der Waals surface area (Å²) >= 11 is 7.80. The lowest BCUT2D eigenvalue weighted by Crippen LogP contribution is -2.26. The predicted octanol–water partition coefficient (Wildman–Crippen LogP) is 4.58. The number of rotatable bonds is 6. The van der Waals surface area contributed by atoms with Gasteiger partial charge in [-0.25, -0.2) is 0 Å². The van der Waals surface area contributed by atoms with Crippen LogP contribution in [0.25, 0.3) is 0 Å². The minimum atomic E-state index is -0.0956. The first-order chi connectivity index (χ1) is 12.6. The molecule has 2 aromatic carbocycles. The Morgan fingerprint density at radius 1 is 1.19 bits per heavy atom. The van der Waals surface area contributed by atoms with E-state index >= 15 is 0 Å². The molecule has 0 saturated carbocycles. The van der Waals surface area contributed by atoms with Gasteiger partial charge in [-0.1, -0.05) is 41.9 Å². The number of halogens is 1. The molecule has 0 saturated heterocycles. The fourth-order valence-corrected chi connectivity index (χ4v) is 3.33. The molecule has 6 heteroatoms. The highest BCUT2D eigenvalue weighted by Gasteiger charge is 2.16. The van der Waals surface area contributed by atoms with Gasteiger partial charge in [0.1, 0.15) is 0 Å². The lowest BCUT2D eigenvalue weighted by Gasteiger charge is -2.17. The van der Waals surface area contributed by atoms with Crippen LogP contribution in [0.3, 0.4) is 0 Å². The van der Waals surface area contributed by atoms with Crippen molar-refractivity contribution in [3.8, 4) is 0 Å². The average Bonchev–Trinajstić information content (AvgIpc) is 3.09. The van der Waals surface area contributed by atoms with Crippen LogP contribution in [0.1, 0.15) is 21.5 Å². The third kappa shape index (κ3) is 4.48. The summed E-state index contributed by atoms with van der Waals surface area (Å²) in [5, 5.41) is 4.86. The second-order valence-corrected chi connectivity index (χ2v) is 7.33. The number of carbonyl (C=O) groups excluding carboxylic acids is 1. The van der Waals surface area contributed by atoms with Crippen molar-refractivity contribution in [1.29, 1.82) is 0 Å². The molecule has 26 heavy (non-hydrogen) atoms. The normalized spacial score (nSPS) is 10.7. The lowest BCUT2D eigenvalue weighted by molar-refractivity contribution is 0.0785. The van der Waals surface area contributed by atoms with E-state index in [1.54, 1.807) is 36.0 Å². The molecule has 0 aliphatic carbocycles. The Labute approximate surface area is 162 Å². The number of carbonyl (C=O) groups is 1. The van der Waals surface area contributed by atoms with Crippen LogP contribution in [-0.2, 0) is 13.1 Å². The quantitative estimate of drug-likeness (QED) is 0.583. The van der Waals surface area contributed by atoms with Gasteiger partial charge in [-0.3, -0.25) is 9.48 Å². The largest absolute Gasteiger partial charge is 0.337 e. The Morgan fingerprint density at radius 3 is 2.69 bits per heavy atom. The van der Waals surface area contributed by atoms with Crippen molar-refractivity contribution in [3.05, 3.63) is 82.6 Å². The second-order valence-electron chi connectivity index (χ2n) is 6.04. The van der Waals surface area contributed by atoms with Gasteiger partial charge in [0.05, 0.1) is 23.3 Å². The summed E-state index contributed by atoms with van der Waals surface area (Å²) in [6, 6.07) is 15.7. The van der Waals surface area contributed by atoms with Gasteiger partial charge in [-0.15, -0.1) is 11.8 Å². The zero-order valence-corrected chi connectivity index (χ0v) is 16.3. The van der Waals surface area contributed by atoms with Gasteiger partial charge in [0.25, 0.3) is 5.91 Å². The summed E-state index contributed by atoms with van der Waals surface area (Å²) < 4.78 is 1.88. The van der Waals surface area contributed by atoms with Crippen molar-refractivity contribution < 1.29 is 4.79 Å². The highest BCUT2D eigenvalue weighted by Crippen LogP contribution is 2.24. The van der Waals surface area contributed by atoms with Crippen molar-refractivity contribution in [2.24, 2.45) is 0 Å². The molecular formula is C20H20ClN3OS. The molecule has 0 aliphatic rings.